The first-order valence-electron chi connectivity index (χ1n) is 7.88. The Morgan fingerprint density at radius 2 is 1.71 bits per heavy atom. The van der Waals surface area contributed by atoms with Gasteiger partial charge in [-0.3, -0.25) is 0 Å². The van der Waals surface area contributed by atoms with Crippen molar-refractivity contribution in [2.75, 3.05) is 6.54 Å². The van der Waals surface area contributed by atoms with Crippen molar-refractivity contribution >= 4 is 0 Å². The molecule has 1 saturated carbocycles. The molecule has 0 radical (unpaired) electrons. The summed E-state index contributed by atoms with van der Waals surface area (Å²) in [5, 5.41) is 3.80. The quantitative estimate of drug-likeness (QED) is 0.683. The molecule has 2 unspecified atom stereocenters. The largest absolute Gasteiger partial charge is 0.314 e. The lowest BCUT2D eigenvalue weighted by molar-refractivity contribution is 0.226. The van der Waals surface area contributed by atoms with Crippen LogP contribution in [-0.2, 0) is 0 Å². The van der Waals surface area contributed by atoms with E-state index < -0.39 is 0 Å². The highest BCUT2D eigenvalue weighted by molar-refractivity contribution is 4.80. The van der Waals surface area contributed by atoms with E-state index in [0.717, 1.165) is 23.8 Å². The van der Waals surface area contributed by atoms with E-state index in [0.29, 0.717) is 0 Å². The predicted molar refractivity (Wildman–Crippen MR) is 77.3 cm³/mol. The number of rotatable bonds is 7. The summed E-state index contributed by atoms with van der Waals surface area (Å²) in [5.74, 6) is 2.61. The zero-order chi connectivity index (χ0) is 12.7. The van der Waals surface area contributed by atoms with Gasteiger partial charge >= 0.3 is 0 Å². The third-order valence-corrected chi connectivity index (χ3v) is 4.65. The van der Waals surface area contributed by atoms with Gasteiger partial charge in [-0.05, 0) is 37.1 Å². The van der Waals surface area contributed by atoms with Crippen LogP contribution >= 0.6 is 0 Å². The molecule has 1 heteroatoms. The van der Waals surface area contributed by atoms with Crippen LogP contribution in [0.4, 0.5) is 0 Å². The lowest BCUT2D eigenvalue weighted by Crippen LogP contribution is -2.39. The highest BCUT2D eigenvalue weighted by Gasteiger charge is 2.24. The van der Waals surface area contributed by atoms with E-state index in [9.17, 15) is 0 Å². The minimum absolute atomic E-state index is 0.748. The van der Waals surface area contributed by atoms with Crippen LogP contribution in [0.25, 0.3) is 0 Å². The smallest absolute Gasteiger partial charge is 0.00977 e. The van der Waals surface area contributed by atoms with Crippen LogP contribution in [0, 0.1) is 17.8 Å². The predicted octanol–water partition coefficient (Wildman–Crippen LogP) is 4.62. The van der Waals surface area contributed by atoms with E-state index in [1.54, 1.807) is 0 Å². The molecule has 0 spiro atoms. The van der Waals surface area contributed by atoms with E-state index in [1.807, 2.05) is 0 Å². The summed E-state index contributed by atoms with van der Waals surface area (Å²) in [4.78, 5) is 0. The molecule has 0 aliphatic heterocycles. The molecule has 0 aromatic carbocycles. The fourth-order valence-corrected chi connectivity index (χ4v) is 3.06. The van der Waals surface area contributed by atoms with Crippen molar-refractivity contribution < 1.29 is 0 Å². The van der Waals surface area contributed by atoms with Crippen molar-refractivity contribution in [1.82, 2.24) is 5.32 Å². The second kappa shape index (κ2) is 8.13. The van der Waals surface area contributed by atoms with Crippen molar-refractivity contribution in [2.45, 2.75) is 78.7 Å². The van der Waals surface area contributed by atoms with Gasteiger partial charge in [0, 0.05) is 6.04 Å². The van der Waals surface area contributed by atoms with Crippen LogP contribution in [0.5, 0.6) is 0 Å². The summed E-state index contributed by atoms with van der Waals surface area (Å²) in [7, 11) is 0. The molecule has 1 aliphatic rings. The van der Waals surface area contributed by atoms with E-state index in [-0.39, 0.29) is 0 Å². The second-order valence-corrected chi connectivity index (χ2v) is 6.40. The molecule has 0 aromatic rings. The van der Waals surface area contributed by atoms with E-state index in [4.69, 9.17) is 0 Å². The monoisotopic (exact) mass is 239 g/mol. The van der Waals surface area contributed by atoms with Crippen molar-refractivity contribution in [3.8, 4) is 0 Å². The highest BCUT2D eigenvalue weighted by Crippen LogP contribution is 2.30. The van der Waals surface area contributed by atoms with Gasteiger partial charge in [0.25, 0.3) is 0 Å². The summed E-state index contributed by atoms with van der Waals surface area (Å²) < 4.78 is 0. The Kier molecular flexibility index (Phi) is 7.18. The number of nitrogens with one attached hydrogen (secondary N) is 1. The van der Waals surface area contributed by atoms with Gasteiger partial charge in [0.05, 0.1) is 0 Å². The molecule has 0 amide bonds. The summed E-state index contributed by atoms with van der Waals surface area (Å²) in [6, 6.07) is 0.748. The zero-order valence-corrected chi connectivity index (χ0v) is 12.5. The Labute approximate surface area is 109 Å². The Morgan fingerprint density at radius 1 is 1.06 bits per heavy atom. The average Bonchev–Trinajstić information content (AvgIpc) is 2.34. The Hall–Kier alpha value is -0.0400. The minimum atomic E-state index is 0.748. The molecule has 1 aliphatic carbocycles. The minimum Gasteiger partial charge on any atom is -0.314 e. The molecule has 102 valence electrons. The lowest BCUT2D eigenvalue weighted by Gasteiger charge is -2.33. The van der Waals surface area contributed by atoms with Crippen LogP contribution in [0.3, 0.4) is 0 Å². The third-order valence-electron chi connectivity index (χ3n) is 4.65. The summed E-state index contributed by atoms with van der Waals surface area (Å²) in [6.45, 7) is 10.6. The van der Waals surface area contributed by atoms with Crippen molar-refractivity contribution in [3.63, 3.8) is 0 Å². The maximum Gasteiger partial charge on any atom is 0.00977 e. The van der Waals surface area contributed by atoms with E-state index >= 15 is 0 Å². The lowest BCUT2D eigenvalue weighted by atomic mass is 9.79. The number of hydrogen-bond donors (Lipinski definition) is 1. The summed E-state index contributed by atoms with van der Waals surface area (Å²) in [5.41, 5.74) is 0. The summed E-state index contributed by atoms with van der Waals surface area (Å²) in [6.07, 6.45) is 10.1. The van der Waals surface area contributed by atoms with Gasteiger partial charge in [-0.2, -0.15) is 0 Å². The van der Waals surface area contributed by atoms with Crippen LogP contribution < -0.4 is 5.32 Å². The molecule has 0 bridgehead atoms. The SMILES string of the molecule is CCCNC(CC1CCCCC1)C(C)C(C)C. The second-order valence-electron chi connectivity index (χ2n) is 6.40. The Bertz CT molecular complexity index is 182. The van der Waals surface area contributed by atoms with Crippen LogP contribution in [0.1, 0.15) is 72.6 Å². The molecule has 0 saturated heterocycles. The van der Waals surface area contributed by atoms with E-state index in [1.165, 1.54) is 51.5 Å². The van der Waals surface area contributed by atoms with Gasteiger partial charge in [0.2, 0.25) is 0 Å². The summed E-state index contributed by atoms with van der Waals surface area (Å²) >= 11 is 0. The molecule has 17 heavy (non-hydrogen) atoms. The van der Waals surface area contributed by atoms with Crippen molar-refractivity contribution in [1.29, 1.82) is 0 Å². The Morgan fingerprint density at radius 3 is 2.24 bits per heavy atom. The normalized spacial score (nSPS) is 21.7. The topological polar surface area (TPSA) is 12.0 Å². The average molecular weight is 239 g/mol. The van der Waals surface area contributed by atoms with Gasteiger partial charge in [-0.15, -0.1) is 0 Å². The zero-order valence-electron chi connectivity index (χ0n) is 12.5. The van der Waals surface area contributed by atoms with Gasteiger partial charge in [0.1, 0.15) is 0 Å². The van der Waals surface area contributed by atoms with Crippen molar-refractivity contribution in [2.24, 2.45) is 17.8 Å². The molecule has 1 rings (SSSR count). The molecular formula is C16H33N. The van der Waals surface area contributed by atoms with Crippen LogP contribution in [0.2, 0.25) is 0 Å². The van der Waals surface area contributed by atoms with Gasteiger partial charge in [-0.1, -0.05) is 59.8 Å². The molecule has 1 fully saturated rings. The standard InChI is InChI=1S/C16H33N/c1-5-11-17-16(14(4)13(2)3)12-15-9-7-6-8-10-15/h13-17H,5-12H2,1-4H3. The molecule has 0 aromatic heterocycles. The highest BCUT2D eigenvalue weighted by atomic mass is 14.9. The first kappa shape index (κ1) is 15.0. The van der Waals surface area contributed by atoms with Crippen LogP contribution in [-0.4, -0.2) is 12.6 Å². The number of hydrogen-bond acceptors (Lipinski definition) is 1. The maximum absolute atomic E-state index is 3.80. The molecule has 2 atom stereocenters. The first-order chi connectivity index (χ1) is 8.15. The van der Waals surface area contributed by atoms with Gasteiger partial charge in [0.15, 0.2) is 0 Å². The first-order valence-corrected chi connectivity index (χ1v) is 7.88. The fourth-order valence-electron chi connectivity index (χ4n) is 3.06. The molecule has 0 heterocycles. The fraction of sp³-hybridized carbons (Fsp3) is 1.00. The van der Waals surface area contributed by atoms with Crippen molar-refractivity contribution in [3.05, 3.63) is 0 Å². The molecule has 1 N–H and O–H groups in total. The van der Waals surface area contributed by atoms with Gasteiger partial charge in [-0.25, -0.2) is 0 Å². The maximum atomic E-state index is 3.80. The third kappa shape index (κ3) is 5.42. The van der Waals surface area contributed by atoms with E-state index in [2.05, 4.69) is 33.0 Å². The van der Waals surface area contributed by atoms with Crippen LogP contribution in [0.15, 0.2) is 0 Å². The van der Waals surface area contributed by atoms with Gasteiger partial charge < -0.3 is 5.32 Å². The molecular weight excluding hydrogens is 206 g/mol. The molecule has 1 nitrogen and oxygen atoms in total. The Balaban J connectivity index is 2.43.